The molecule has 3 fully saturated rings. The number of carbonyl (C=O) groups is 3. The van der Waals surface area contributed by atoms with Crippen LogP contribution in [-0.2, 0) is 17.7 Å². The van der Waals surface area contributed by atoms with Crippen molar-refractivity contribution in [2.24, 2.45) is 11.7 Å². The van der Waals surface area contributed by atoms with Crippen molar-refractivity contribution in [1.29, 1.82) is 0 Å². The second-order valence-electron chi connectivity index (χ2n) is 12.9. The number of ether oxygens (including phenoxy) is 3. The molecular formula is C38H38Cl2N4O8. The Bertz CT molecular complexity index is 1980. The van der Waals surface area contributed by atoms with E-state index < -0.39 is 23.9 Å². The van der Waals surface area contributed by atoms with E-state index in [0.717, 1.165) is 25.9 Å². The summed E-state index contributed by atoms with van der Waals surface area (Å²) in [4.78, 5) is 43.1. The van der Waals surface area contributed by atoms with Gasteiger partial charge in [0, 0.05) is 18.0 Å². The van der Waals surface area contributed by atoms with Crippen molar-refractivity contribution in [3.8, 4) is 11.5 Å². The number of primary amides is 1. The Morgan fingerprint density at radius 1 is 0.981 bits per heavy atom. The third-order valence-electron chi connectivity index (χ3n) is 9.87. The van der Waals surface area contributed by atoms with Crippen molar-refractivity contribution in [3.63, 3.8) is 0 Å². The van der Waals surface area contributed by atoms with E-state index in [2.05, 4.69) is 4.90 Å². The first-order chi connectivity index (χ1) is 25.0. The van der Waals surface area contributed by atoms with E-state index in [1.165, 1.54) is 43.6 Å². The number of amides is 2. The van der Waals surface area contributed by atoms with Gasteiger partial charge in [-0.3, -0.25) is 14.6 Å². The Morgan fingerprint density at radius 2 is 1.67 bits per heavy atom. The van der Waals surface area contributed by atoms with E-state index in [0.29, 0.717) is 45.0 Å². The molecule has 3 aliphatic heterocycles. The topological polar surface area (TPSA) is 159 Å². The van der Waals surface area contributed by atoms with Crippen molar-refractivity contribution in [1.82, 2.24) is 4.90 Å². The van der Waals surface area contributed by atoms with Gasteiger partial charge in [0.15, 0.2) is 23.9 Å². The van der Waals surface area contributed by atoms with Crippen LogP contribution in [0.3, 0.4) is 0 Å². The largest absolute Gasteiger partial charge is 0.619 e. The van der Waals surface area contributed by atoms with E-state index >= 15 is 0 Å². The van der Waals surface area contributed by atoms with E-state index in [-0.39, 0.29) is 51.8 Å². The van der Waals surface area contributed by atoms with Crippen LogP contribution >= 0.6 is 23.2 Å². The molecule has 0 unspecified atom stereocenters. The summed E-state index contributed by atoms with van der Waals surface area (Å²) in [5, 5.41) is 22.8. The molecule has 272 valence electrons. The molecule has 0 saturated carbocycles. The molecule has 1 aromatic heterocycles. The van der Waals surface area contributed by atoms with Gasteiger partial charge in [-0.15, -0.1) is 0 Å². The zero-order chi connectivity index (χ0) is 37.1. The smallest absolute Gasteiger partial charge is 0.414 e. The van der Waals surface area contributed by atoms with Crippen LogP contribution in [0.15, 0.2) is 73.1 Å². The molecule has 4 aromatic rings. The third kappa shape index (κ3) is 7.74. The number of nitrogens with two attached hydrogens (primary N) is 1. The normalized spacial score (nSPS) is 18.3. The van der Waals surface area contributed by atoms with Crippen molar-refractivity contribution in [2.75, 3.05) is 38.8 Å². The van der Waals surface area contributed by atoms with Crippen LogP contribution in [0.5, 0.6) is 11.5 Å². The number of carboxylic acids is 1. The number of halogens is 2. The Kier molecular flexibility index (Phi) is 11.1. The van der Waals surface area contributed by atoms with Gasteiger partial charge < -0.3 is 30.3 Å². The summed E-state index contributed by atoms with van der Waals surface area (Å²) in [6.45, 7) is 2.47. The first kappa shape index (κ1) is 36.7. The number of carbonyl (C=O) groups excluding carboxylic acids is 2. The van der Waals surface area contributed by atoms with Gasteiger partial charge in [0.25, 0.3) is 5.91 Å². The molecule has 0 spiro atoms. The highest BCUT2D eigenvalue weighted by atomic mass is 35.5. The number of anilines is 1. The maximum Gasteiger partial charge on any atom is 0.414 e. The predicted octanol–water partition coefficient (Wildman–Crippen LogP) is 6.05. The van der Waals surface area contributed by atoms with Crippen LogP contribution < -0.4 is 24.8 Å². The number of methoxy groups -OCH3 is 2. The van der Waals surface area contributed by atoms with Gasteiger partial charge in [-0.1, -0.05) is 53.5 Å². The zero-order valence-corrected chi connectivity index (χ0v) is 30.1. The SMILES string of the molecule is COc1ccc([C@H](Cc2c(Cl)c[n+]([O-])cc2Cl)c2cc(CN(C(=O)O[C@H]3CN4CCC3CC4)c3ccccc3C(N)=O)ccc2C(=O)O)cc1OC. The second kappa shape index (κ2) is 15.7. The van der Waals surface area contributed by atoms with E-state index in [9.17, 15) is 24.7 Å². The first-order valence-electron chi connectivity index (χ1n) is 16.7. The molecule has 14 heteroatoms. The number of para-hydroxylation sites is 1. The number of piperidine rings is 3. The molecule has 7 rings (SSSR count). The number of hydrogen-bond donors (Lipinski definition) is 2. The number of hydrogen-bond acceptors (Lipinski definition) is 8. The lowest BCUT2D eigenvalue weighted by Crippen LogP contribution is -2.53. The van der Waals surface area contributed by atoms with Crippen LogP contribution in [0.25, 0.3) is 0 Å². The molecular weight excluding hydrogens is 711 g/mol. The zero-order valence-electron chi connectivity index (χ0n) is 28.6. The fourth-order valence-corrected chi connectivity index (χ4v) is 7.78. The number of benzene rings is 3. The summed E-state index contributed by atoms with van der Waals surface area (Å²) >= 11 is 13.1. The molecule has 2 bridgehead atoms. The highest BCUT2D eigenvalue weighted by Gasteiger charge is 2.38. The third-order valence-corrected chi connectivity index (χ3v) is 10.5. The lowest BCUT2D eigenvalue weighted by atomic mass is 9.82. The monoisotopic (exact) mass is 748 g/mol. The summed E-state index contributed by atoms with van der Waals surface area (Å²) < 4.78 is 17.7. The molecule has 3 aliphatic rings. The number of aromatic carboxylic acids is 1. The molecule has 3 N–H and O–H groups in total. The van der Waals surface area contributed by atoms with E-state index in [4.69, 9.17) is 43.1 Å². The van der Waals surface area contributed by atoms with Crippen molar-refractivity contribution in [2.45, 2.75) is 37.8 Å². The van der Waals surface area contributed by atoms with Crippen LogP contribution in [0.1, 0.15) is 61.7 Å². The molecule has 12 nitrogen and oxygen atoms in total. The number of pyridine rings is 1. The maximum atomic E-state index is 14.1. The van der Waals surface area contributed by atoms with Crippen LogP contribution in [0.4, 0.5) is 10.5 Å². The summed E-state index contributed by atoms with van der Waals surface area (Å²) in [7, 11) is 3.00. The summed E-state index contributed by atoms with van der Waals surface area (Å²) in [6, 6.07) is 16.5. The minimum absolute atomic E-state index is 0.00968. The van der Waals surface area contributed by atoms with Crippen molar-refractivity contribution >= 4 is 46.9 Å². The van der Waals surface area contributed by atoms with Gasteiger partial charge in [-0.05, 0) is 85.3 Å². The quantitative estimate of drug-likeness (QED) is 0.130. The Hall–Kier alpha value is -5.04. The first-order valence-corrected chi connectivity index (χ1v) is 17.5. The van der Waals surface area contributed by atoms with Gasteiger partial charge in [0.2, 0.25) is 0 Å². The van der Waals surface area contributed by atoms with Crippen LogP contribution in [0.2, 0.25) is 10.0 Å². The number of carboxylic acid groups (broad SMARTS) is 1. The minimum Gasteiger partial charge on any atom is -0.619 e. The summed E-state index contributed by atoms with van der Waals surface area (Å²) in [6.07, 6.45) is 3.34. The fraction of sp³-hybridized carbons (Fsp3) is 0.316. The Balaban J connectivity index is 1.46. The summed E-state index contributed by atoms with van der Waals surface area (Å²) in [5.74, 6) is -1.50. The van der Waals surface area contributed by atoms with Gasteiger partial charge in [-0.2, -0.15) is 4.73 Å². The average Bonchev–Trinajstić information content (AvgIpc) is 3.13. The second-order valence-corrected chi connectivity index (χ2v) is 13.7. The molecule has 3 saturated heterocycles. The van der Waals surface area contributed by atoms with Crippen molar-refractivity contribution in [3.05, 3.63) is 122 Å². The molecule has 4 heterocycles. The Morgan fingerprint density at radius 3 is 2.29 bits per heavy atom. The van der Waals surface area contributed by atoms with Crippen LogP contribution in [-0.4, -0.2) is 67.9 Å². The van der Waals surface area contributed by atoms with Gasteiger partial charge in [0.05, 0.1) is 37.6 Å². The number of nitrogens with zero attached hydrogens (tertiary/aromatic N) is 3. The van der Waals surface area contributed by atoms with Gasteiger partial charge >= 0.3 is 12.1 Å². The van der Waals surface area contributed by atoms with Crippen LogP contribution in [0, 0.1) is 11.1 Å². The highest BCUT2D eigenvalue weighted by Crippen LogP contribution is 2.40. The average molecular weight is 750 g/mol. The molecule has 0 radical (unpaired) electrons. The van der Waals surface area contributed by atoms with Gasteiger partial charge in [-0.25, -0.2) is 9.59 Å². The molecule has 2 amide bonds. The lowest BCUT2D eigenvalue weighted by Gasteiger charge is -2.44. The molecule has 3 aromatic carbocycles. The van der Waals surface area contributed by atoms with E-state index in [1.807, 2.05) is 0 Å². The highest BCUT2D eigenvalue weighted by molar-refractivity contribution is 6.35. The number of fused-ring (bicyclic) bond motifs is 3. The van der Waals surface area contributed by atoms with E-state index in [1.54, 1.807) is 48.5 Å². The fourth-order valence-electron chi connectivity index (χ4n) is 7.19. The lowest BCUT2D eigenvalue weighted by molar-refractivity contribution is -0.605. The number of rotatable bonds is 12. The number of aromatic nitrogens is 1. The molecule has 0 aliphatic carbocycles. The standard InChI is InChI=1S/C38H38Cl2N4O8/c1-50-33-10-8-24(16-34(33)51-2)27(17-29-30(39)19-43(49)20-31(29)40)28-15-22(7-9-25(28)37(46)47)18-44(32-6-4-3-5-26(32)36(41)45)38(48)52-35-21-42-13-11-23(35)12-14-42/h3-10,15-16,19-20,23,27,35H,11-14,17-18,21H2,1-2H3,(H2,41,45)(H,46,47)/t27-,35-/m0/s1. The Labute approximate surface area is 310 Å². The predicted molar refractivity (Wildman–Crippen MR) is 194 cm³/mol. The minimum atomic E-state index is -1.19. The van der Waals surface area contributed by atoms with Gasteiger partial charge in [0.1, 0.15) is 16.1 Å². The molecule has 2 atom stereocenters. The summed E-state index contributed by atoms with van der Waals surface area (Å²) in [5.41, 5.74) is 8.12. The molecule has 52 heavy (non-hydrogen) atoms. The maximum absolute atomic E-state index is 14.1. The van der Waals surface area contributed by atoms with Crippen molar-refractivity contribution < 1.29 is 38.4 Å².